The minimum Gasteiger partial charge on any atom is -0.465 e. The summed E-state index contributed by atoms with van der Waals surface area (Å²) in [5, 5.41) is 21.8. The fraction of sp³-hybridized carbons (Fsp3) is 0.400. The molecule has 36 heavy (non-hydrogen) atoms. The Morgan fingerprint density at radius 3 is 2.64 bits per heavy atom. The van der Waals surface area contributed by atoms with E-state index in [1.807, 2.05) is 24.3 Å². The molecule has 11 heteroatoms. The number of nitrogens with zero attached hydrogens (tertiary/aromatic N) is 4. The van der Waals surface area contributed by atoms with Crippen LogP contribution in [0.4, 0.5) is 16.4 Å². The van der Waals surface area contributed by atoms with E-state index in [2.05, 4.69) is 49.5 Å². The number of aromatic nitrogens is 4. The molecule has 1 fully saturated rings. The van der Waals surface area contributed by atoms with Crippen LogP contribution in [0, 0.1) is 0 Å². The Hall–Kier alpha value is -3.99. The van der Waals surface area contributed by atoms with Crippen molar-refractivity contribution >= 4 is 23.6 Å². The first-order valence-corrected chi connectivity index (χ1v) is 12.0. The third-order valence-electron chi connectivity index (χ3n) is 6.94. The van der Waals surface area contributed by atoms with Gasteiger partial charge >= 0.3 is 6.09 Å². The van der Waals surface area contributed by atoms with Crippen molar-refractivity contribution in [3.63, 3.8) is 0 Å². The maximum atomic E-state index is 13.2. The van der Waals surface area contributed by atoms with Gasteiger partial charge in [-0.25, -0.2) is 14.8 Å². The number of H-pyrrole nitrogens is 1. The van der Waals surface area contributed by atoms with Gasteiger partial charge in [0.05, 0.1) is 11.4 Å². The number of fused-ring (bicyclic) bond motifs is 3. The fourth-order valence-electron chi connectivity index (χ4n) is 5.22. The summed E-state index contributed by atoms with van der Waals surface area (Å²) in [5.74, 6) is -0.104. The highest BCUT2D eigenvalue weighted by Gasteiger charge is 2.38. The number of amides is 2. The lowest BCUT2D eigenvalue weighted by Gasteiger charge is -2.31. The van der Waals surface area contributed by atoms with E-state index < -0.39 is 6.09 Å². The van der Waals surface area contributed by atoms with Crippen LogP contribution in [-0.2, 0) is 18.4 Å². The third-order valence-corrected chi connectivity index (χ3v) is 6.94. The van der Waals surface area contributed by atoms with Gasteiger partial charge in [-0.2, -0.15) is 5.10 Å². The third kappa shape index (κ3) is 4.74. The summed E-state index contributed by atoms with van der Waals surface area (Å²) in [5.41, 5.74) is 10.8. The van der Waals surface area contributed by atoms with E-state index in [0.717, 1.165) is 49.2 Å². The molecule has 1 aromatic carbocycles. The molecule has 1 saturated heterocycles. The van der Waals surface area contributed by atoms with Gasteiger partial charge in [0.25, 0.3) is 5.91 Å². The van der Waals surface area contributed by atoms with Gasteiger partial charge in [-0.1, -0.05) is 26.0 Å². The number of rotatable bonds is 5. The fourth-order valence-corrected chi connectivity index (χ4v) is 5.22. The quantitative estimate of drug-likeness (QED) is 0.365. The highest BCUT2D eigenvalue weighted by molar-refractivity contribution is 6.05. The number of likely N-dealkylation sites (tertiary alicyclic amines) is 1. The van der Waals surface area contributed by atoms with Crippen LogP contribution in [0.5, 0.6) is 0 Å². The van der Waals surface area contributed by atoms with Gasteiger partial charge in [-0.15, -0.1) is 0 Å². The average Bonchev–Trinajstić information content (AvgIpc) is 3.29. The summed E-state index contributed by atoms with van der Waals surface area (Å²) in [6, 6.07) is 7.79. The lowest BCUT2D eigenvalue weighted by Crippen LogP contribution is -2.43. The number of hydrogen-bond donors (Lipinski definition) is 5. The smallest absolute Gasteiger partial charge is 0.404 e. The second-order valence-electron chi connectivity index (χ2n) is 10.1. The van der Waals surface area contributed by atoms with E-state index in [-0.39, 0.29) is 23.3 Å². The average molecular weight is 491 g/mol. The van der Waals surface area contributed by atoms with E-state index in [1.165, 1.54) is 0 Å². The van der Waals surface area contributed by atoms with Crippen molar-refractivity contribution in [1.82, 2.24) is 30.4 Å². The Morgan fingerprint density at radius 1 is 1.22 bits per heavy atom. The molecule has 188 valence electrons. The number of carbonyl (C=O) groups is 2. The molecule has 11 nitrogen and oxygen atoms in total. The highest BCUT2D eigenvalue weighted by atomic mass is 16.4. The van der Waals surface area contributed by atoms with Crippen LogP contribution in [0.15, 0.2) is 30.5 Å². The van der Waals surface area contributed by atoms with Gasteiger partial charge in [-0.3, -0.25) is 14.8 Å². The maximum Gasteiger partial charge on any atom is 0.404 e. The molecule has 0 bridgehead atoms. The number of benzene rings is 1. The number of carbonyl (C=O) groups excluding carboxylic acids is 1. The summed E-state index contributed by atoms with van der Waals surface area (Å²) < 4.78 is 0. The number of carboxylic acid groups (broad SMARTS) is 1. The van der Waals surface area contributed by atoms with E-state index in [9.17, 15) is 9.59 Å². The lowest BCUT2D eigenvalue weighted by molar-refractivity contribution is 0.102. The molecule has 0 spiro atoms. The van der Waals surface area contributed by atoms with E-state index in [1.54, 1.807) is 6.20 Å². The SMILES string of the molecule is CC1(C)Cc2cnc(N)nc2-c2[nH]nc(C(=O)Nc3ccc(CN4CCC(NC(=O)O)CC4)cc3)c21. The van der Waals surface area contributed by atoms with Crippen LogP contribution in [0.3, 0.4) is 0 Å². The Labute approximate surface area is 208 Å². The van der Waals surface area contributed by atoms with Crippen molar-refractivity contribution in [2.45, 2.75) is 51.1 Å². The first-order chi connectivity index (χ1) is 17.2. The van der Waals surface area contributed by atoms with E-state index in [0.29, 0.717) is 29.2 Å². The molecule has 3 heterocycles. The standard InChI is InChI=1S/C25H30N8O3/c1-25(2)11-15-12-27-23(26)30-19(15)20-18(25)21(32-31-20)22(34)28-16-5-3-14(4-6-16)13-33-9-7-17(8-10-33)29-24(35)36/h3-6,12,17,29H,7-11,13H2,1-2H3,(H,28,34)(H,31,32)(H,35,36)(H2,26,27,30). The molecule has 0 saturated carbocycles. The van der Waals surface area contributed by atoms with Gasteiger partial charge in [-0.05, 0) is 47.9 Å². The largest absolute Gasteiger partial charge is 0.465 e. The molecule has 1 aliphatic carbocycles. The molecule has 3 aromatic rings. The van der Waals surface area contributed by atoms with E-state index in [4.69, 9.17) is 10.8 Å². The molecule has 6 N–H and O–H groups in total. The summed E-state index contributed by atoms with van der Waals surface area (Å²) >= 11 is 0. The predicted molar refractivity (Wildman–Crippen MR) is 135 cm³/mol. The predicted octanol–water partition coefficient (Wildman–Crippen LogP) is 2.77. The number of nitrogen functional groups attached to an aromatic ring is 1. The van der Waals surface area contributed by atoms with Crippen molar-refractivity contribution in [1.29, 1.82) is 0 Å². The van der Waals surface area contributed by atoms with Crippen molar-refractivity contribution in [3.8, 4) is 11.4 Å². The van der Waals surface area contributed by atoms with Gasteiger partial charge in [0.1, 0.15) is 0 Å². The number of aromatic amines is 1. The van der Waals surface area contributed by atoms with Crippen molar-refractivity contribution in [2.24, 2.45) is 0 Å². The number of anilines is 2. The van der Waals surface area contributed by atoms with E-state index >= 15 is 0 Å². The summed E-state index contributed by atoms with van der Waals surface area (Å²) in [6.07, 6.45) is 3.04. The number of hydrogen-bond acceptors (Lipinski definition) is 7. The molecule has 0 atom stereocenters. The Bertz CT molecular complexity index is 1290. The van der Waals surface area contributed by atoms with Gasteiger partial charge in [0.15, 0.2) is 5.69 Å². The van der Waals surface area contributed by atoms with Gasteiger partial charge in [0, 0.05) is 43.1 Å². The monoisotopic (exact) mass is 490 g/mol. The Kier molecular flexibility index (Phi) is 6.09. The molecular formula is C25H30N8O3. The number of nitrogens with two attached hydrogens (primary N) is 1. The second-order valence-corrected chi connectivity index (χ2v) is 10.1. The second kappa shape index (κ2) is 9.23. The lowest BCUT2D eigenvalue weighted by atomic mass is 9.73. The highest BCUT2D eigenvalue weighted by Crippen LogP contribution is 2.42. The van der Waals surface area contributed by atoms with Crippen molar-refractivity contribution in [3.05, 3.63) is 52.8 Å². The molecule has 2 aromatic heterocycles. The van der Waals surface area contributed by atoms with Crippen molar-refractivity contribution < 1.29 is 14.7 Å². The zero-order chi connectivity index (χ0) is 25.4. The van der Waals surface area contributed by atoms with Crippen LogP contribution in [0.2, 0.25) is 0 Å². The molecule has 0 unspecified atom stereocenters. The van der Waals surface area contributed by atoms with Crippen LogP contribution < -0.4 is 16.4 Å². The van der Waals surface area contributed by atoms with Gasteiger partial charge in [0.2, 0.25) is 5.95 Å². The number of nitrogens with one attached hydrogen (secondary N) is 3. The molecule has 2 aliphatic rings. The van der Waals surface area contributed by atoms with Crippen LogP contribution in [0.25, 0.3) is 11.4 Å². The van der Waals surface area contributed by atoms with Crippen LogP contribution in [0.1, 0.15) is 53.9 Å². The van der Waals surface area contributed by atoms with Crippen LogP contribution >= 0.6 is 0 Å². The first-order valence-electron chi connectivity index (χ1n) is 12.0. The van der Waals surface area contributed by atoms with Crippen LogP contribution in [-0.4, -0.2) is 61.3 Å². The zero-order valence-electron chi connectivity index (χ0n) is 20.3. The minimum atomic E-state index is -0.964. The Balaban J connectivity index is 1.26. The first kappa shape index (κ1) is 23.7. The maximum absolute atomic E-state index is 13.2. The summed E-state index contributed by atoms with van der Waals surface area (Å²) in [4.78, 5) is 34.8. The van der Waals surface area contributed by atoms with Gasteiger partial charge < -0.3 is 21.5 Å². The molecule has 0 radical (unpaired) electrons. The minimum absolute atomic E-state index is 0.0207. The molecule has 5 rings (SSSR count). The topological polar surface area (TPSA) is 162 Å². The molecule has 1 aliphatic heterocycles. The molecular weight excluding hydrogens is 460 g/mol. The summed E-state index contributed by atoms with van der Waals surface area (Å²) in [7, 11) is 0. The normalized spacial score (nSPS) is 17.2. The zero-order valence-corrected chi connectivity index (χ0v) is 20.3. The molecule has 2 amide bonds. The Morgan fingerprint density at radius 2 is 1.94 bits per heavy atom. The number of piperidine rings is 1. The summed E-state index contributed by atoms with van der Waals surface area (Å²) in [6.45, 7) is 6.60. The van der Waals surface area contributed by atoms with Crippen molar-refractivity contribution in [2.75, 3.05) is 24.1 Å².